The first-order valence-electron chi connectivity index (χ1n) is 7.20. The van der Waals surface area contributed by atoms with E-state index in [0.29, 0.717) is 23.3 Å². The number of hydroxylamine groups is 1. The van der Waals surface area contributed by atoms with Gasteiger partial charge in [-0.1, -0.05) is 0 Å². The van der Waals surface area contributed by atoms with Gasteiger partial charge in [0.25, 0.3) is 5.56 Å². The second-order valence-corrected chi connectivity index (χ2v) is 6.06. The highest BCUT2D eigenvalue weighted by atomic mass is 16.7. The number of nitriles is 1. The van der Waals surface area contributed by atoms with Gasteiger partial charge in [0.15, 0.2) is 0 Å². The fourth-order valence-electron chi connectivity index (χ4n) is 2.26. The largest absolute Gasteiger partial charge is 0.353 e. The van der Waals surface area contributed by atoms with Gasteiger partial charge in [0.1, 0.15) is 23.4 Å². The molecule has 0 aliphatic heterocycles. The number of hydrogen-bond donors (Lipinski definition) is 1. The van der Waals surface area contributed by atoms with E-state index in [2.05, 4.69) is 16.5 Å². The highest BCUT2D eigenvalue weighted by Crippen LogP contribution is 2.20. The maximum absolute atomic E-state index is 12.6. The second kappa shape index (κ2) is 5.85. The van der Waals surface area contributed by atoms with Crippen molar-refractivity contribution >= 4 is 17.1 Å². The summed E-state index contributed by atoms with van der Waals surface area (Å²) in [5.74, 6) is 0. The van der Waals surface area contributed by atoms with Crippen LogP contribution >= 0.6 is 0 Å². The number of nitrogens with one attached hydrogen (secondary N) is 1. The number of hydrogen-bond acceptors (Lipinski definition) is 5. The molecule has 23 heavy (non-hydrogen) atoms. The summed E-state index contributed by atoms with van der Waals surface area (Å²) in [4.78, 5) is 34.0. The molecule has 0 aliphatic rings. The number of aryl methyl sites for hydroxylation is 1. The zero-order valence-corrected chi connectivity index (χ0v) is 13.8. The first-order valence-corrected chi connectivity index (χ1v) is 7.20. The molecular formula is C15H19N5O3. The van der Waals surface area contributed by atoms with E-state index in [0.717, 1.165) is 10.9 Å². The van der Waals surface area contributed by atoms with Crippen LogP contribution in [0, 0.1) is 18.3 Å². The quantitative estimate of drug-likeness (QED) is 0.849. The van der Waals surface area contributed by atoms with Crippen LogP contribution < -0.4 is 11.0 Å². The summed E-state index contributed by atoms with van der Waals surface area (Å²) in [6, 6.07) is 1.32. The lowest BCUT2D eigenvalue weighted by Gasteiger charge is -2.19. The van der Waals surface area contributed by atoms with Crippen LogP contribution in [0.4, 0.5) is 4.79 Å². The maximum atomic E-state index is 12.6. The van der Waals surface area contributed by atoms with Gasteiger partial charge in [-0.15, -0.1) is 0 Å². The Balaban J connectivity index is 2.58. The number of rotatable bonds is 2. The Bertz CT molecular complexity index is 864. The first kappa shape index (κ1) is 16.7. The predicted octanol–water partition coefficient (Wildman–Crippen LogP) is 1.69. The van der Waals surface area contributed by atoms with Gasteiger partial charge >= 0.3 is 6.03 Å². The van der Waals surface area contributed by atoms with E-state index in [1.54, 1.807) is 32.3 Å². The highest BCUT2D eigenvalue weighted by molar-refractivity contribution is 5.86. The fraction of sp³-hybridized carbons (Fsp3) is 0.467. The van der Waals surface area contributed by atoms with Crippen LogP contribution in [0.25, 0.3) is 11.0 Å². The minimum atomic E-state index is -0.737. The second-order valence-electron chi connectivity index (χ2n) is 6.06. The van der Waals surface area contributed by atoms with Gasteiger partial charge in [-0.3, -0.25) is 9.63 Å². The molecule has 1 N–H and O–H groups in total. The third-order valence-corrected chi connectivity index (χ3v) is 3.31. The number of carbonyl (C=O) groups is 1. The zero-order valence-electron chi connectivity index (χ0n) is 13.8. The van der Waals surface area contributed by atoms with Gasteiger partial charge in [0, 0.05) is 12.2 Å². The Morgan fingerprint density at radius 1 is 1.48 bits per heavy atom. The van der Waals surface area contributed by atoms with Crippen LogP contribution in [-0.2, 0) is 11.4 Å². The molecule has 0 aliphatic carbocycles. The van der Waals surface area contributed by atoms with Crippen molar-refractivity contribution in [2.45, 2.75) is 46.8 Å². The summed E-state index contributed by atoms with van der Waals surface area (Å²) >= 11 is 0. The molecule has 2 aromatic rings. The lowest BCUT2D eigenvalue weighted by Crippen LogP contribution is -2.40. The van der Waals surface area contributed by atoms with Crippen molar-refractivity contribution in [2.24, 2.45) is 0 Å². The van der Waals surface area contributed by atoms with Crippen LogP contribution in [0.1, 0.15) is 39.0 Å². The van der Waals surface area contributed by atoms with Crippen LogP contribution in [0.2, 0.25) is 0 Å². The minimum Gasteiger partial charge on any atom is -0.338 e. The molecule has 0 spiro atoms. The Hall–Kier alpha value is -2.66. The van der Waals surface area contributed by atoms with Gasteiger partial charge in [-0.05, 0) is 34.6 Å². The third kappa shape index (κ3) is 2.96. The zero-order chi connectivity index (χ0) is 17.4. The van der Waals surface area contributed by atoms with Crippen molar-refractivity contribution in [3.05, 3.63) is 27.9 Å². The van der Waals surface area contributed by atoms with Crippen molar-refractivity contribution in [3.8, 4) is 6.07 Å². The van der Waals surface area contributed by atoms with Crippen molar-refractivity contribution < 1.29 is 9.63 Å². The standard InChI is InChI=1S/C15H19N5O3/c1-6-19-9(2)10(7-16)11-12(19)13(21)20(8-17-11)14(22)18-23-15(3,4)5/h8H,6H2,1-5H3,(H,18,22). The molecule has 0 saturated heterocycles. The minimum absolute atomic E-state index is 0.231. The average molecular weight is 317 g/mol. The van der Waals surface area contributed by atoms with Crippen LogP contribution in [-0.4, -0.2) is 25.8 Å². The number of aromatic nitrogens is 3. The summed E-state index contributed by atoms with van der Waals surface area (Å²) in [7, 11) is 0. The van der Waals surface area contributed by atoms with Gasteiger partial charge in [-0.2, -0.15) is 5.26 Å². The molecule has 0 radical (unpaired) electrons. The number of fused-ring (bicyclic) bond motifs is 1. The Kier molecular flexibility index (Phi) is 4.25. The molecule has 1 amide bonds. The normalized spacial score (nSPS) is 11.5. The SMILES string of the molecule is CCn1c(C)c(C#N)c2ncn(C(=O)NOC(C)(C)C)c(=O)c21. The maximum Gasteiger partial charge on any atom is 0.353 e. The Morgan fingerprint density at radius 3 is 2.65 bits per heavy atom. The predicted molar refractivity (Wildman–Crippen MR) is 83.9 cm³/mol. The monoisotopic (exact) mass is 317 g/mol. The first-order chi connectivity index (χ1) is 10.7. The van der Waals surface area contributed by atoms with Gasteiger partial charge in [0.05, 0.1) is 11.2 Å². The highest BCUT2D eigenvalue weighted by Gasteiger charge is 2.21. The molecule has 0 atom stereocenters. The average Bonchev–Trinajstić information content (AvgIpc) is 2.76. The van der Waals surface area contributed by atoms with E-state index in [-0.39, 0.29) is 5.52 Å². The number of amides is 1. The topological polar surface area (TPSA) is 102 Å². The number of nitrogens with zero attached hydrogens (tertiary/aromatic N) is 4. The van der Waals surface area contributed by atoms with Gasteiger partial charge < -0.3 is 4.57 Å². The van der Waals surface area contributed by atoms with Gasteiger partial charge in [-0.25, -0.2) is 19.8 Å². The molecular weight excluding hydrogens is 298 g/mol. The molecule has 0 unspecified atom stereocenters. The van der Waals surface area contributed by atoms with Crippen molar-refractivity contribution in [3.63, 3.8) is 0 Å². The molecule has 0 fully saturated rings. The van der Waals surface area contributed by atoms with Crippen LogP contribution in [0.3, 0.4) is 0 Å². The summed E-state index contributed by atoms with van der Waals surface area (Å²) in [6.45, 7) is 9.39. The summed E-state index contributed by atoms with van der Waals surface area (Å²) in [6.07, 6.45) is 1.10. The molecule has 0 bridgehead atoms. The Morgan fingerprint density at radius 2 is 2.13 bits per heavy atom. The van der Waals surface area contributed by atoms with E-state index in [1.165, 1.54) is 0 Å². The van der Waals surface area contributed by atoms with Crippen molar-refractivity contribution in [1.82, 2.24) is 19.6 Å². The van der Waals surface area contributed by atoms with E-state index in [9.17, 15) is 14.9 Å². The van der Waals surface area contributed by atoms with Crippen LogP contribution in [0.15, 0.2) is 11.1 Å². The van der Waals surface area contributed by atoms with E-state index >= 15 is 0 Å². The summed E-state index contributed by atoms with van der Waals surface area (Å²) in [5.41, 5.74) is 2.62. The molecule has 0 aromatic carbocycles. The summed E-state index contributed by atoms with van der Waals surface area (Å²) in [5, 5.41) is 9.26. The van der Waals surface area contributed by atoms with Gasteiger partial charge in [0.2, 0.25) is 0 Å². The molecule has 2 heterocycles. The van der Waals surface area contributed by atoms with Crippen molar-refractivity contribution in [2.75, 3.05) is 0 Å². The smallest absolute Gasteiger partial charge is 0.338 e. The molecule has 8 heteroatoms. The number of carbonyl (C=O) groups excluding carboxylic acids is 1. The fourth-order valence-corrected chi connectivity index (χ4v) is 2.26. The lowest BCUT2D eigenvalue weighted by molar-refractivity contribution is -0.0527. The lowest BCUT2D eigenvalue weighted by atomic mass is 10.2. The summed E-state index contributed by atoms with van der Waals surface area (Å²) < 4.78 is 2.51. The molecule has 2 rings (SSSR count). The van der Waals surface area contributed by atoms with E-state index in [4.69, 9.17) is 4.84 Å². The molecule has 122 valence electrons. The third-order valence-electron chi connectivity index (χ3n) is 3.31. The van der Waals surface area contributed by atoms with E-state index in [1.807, 2.05) is 6.92 Å². The molecule has 2 aromatic heterocycles. The van der Waals surface area contributed by atoms with E-state index < -0.39 is 17.2 Å². The molecule has 0 saturated carbocycles. The Labute approximate surface area is 133 Å². The van der Waals surface area contributed by atoms with Crippen molar-refractivity contribution in [1.29, 1.82) is 5.26 Å². The molecule has 8 nitrogen and oxygen atoms in total. The van der Waals surface area contributed by atoms with Crippen LogP contribution in [0.5, 0.6) is 0 Å².